The molecular formula is C32H53NO7S. The number of allylic oxidation sites excluding steroid dienone is 1. The highest BCUT2D eigenvalue weighted by atomic mass is 32.2. The molecule has 7 atom stereocenters. The maximum absolute atomic E-state index is 12.9. The number of amides is 1. The topological polar surface area (TPSA) is 122 Å². The monoisotopic (exact) mass is 595 g/mol. The minimum Gasteiger partial charge on any atom is -0.462 e. The van der Waals surface area contributed by atoms with Gasteiger partial charge in [-0.05, 0) is 78.2 Å². The van der Waals surface area contributed by atoms with Gasteiger partial charge in [0.2, 0.25) is 0 Å². The Kier molecular flexibility index (Phi) is 13.4. The largest absolute Gasteiger partial charge is 0.462 e. The summed E-state index contributed by atoms with van der Waals surface area (Å²) in [5.74, 6) is -0.293. The first-order valence-corrected chi connectivity index (χ1v) is 16.2. The molecule has 0 saturated heterocycles. The van der Waals surface area contributed by atoms with E-state index in [1.807, 2.05) is 48.5 Å². The number of esters is 1. The van der Waals surface area contributed by atoms with Crippen LogP contribution in [0.15, 0.2) is 23.8 Å². The van der Waals surface area contributed by atoms with Gasteiger partial charge in [0.15, 0.2) is 5.78 Å². The standard InChI is InChI=1S/C32H53NO7S/c1-9-11-23(18-32(8,10-2)29(37)21(4)24-14-16-25(34)20(24)3)39-28(36)19-41-27-17-13-22(12-15-26(27)35)33-30(38)40-31(5,6)7/h10,21-23,26-27,29,35,37H,2,9,11-19H2,1,3-8H3,(H,33,38)/t21-,22?,23+,26?,27?,29?,32-/m1/s1. The molecule has 0 aromatic heterocycles. The minimum atomic E-state index is -0.772. The molecule has 0 bridgehead atoms. The van der Waals surface area contributed by atoms with E-state index in [1.54, 1.807) is 6.08 Å². The Morgan fingerprint density at radius 3 is 2.39 bits per heavy atom. The van der Waals surface area contributed by atoms with E-state index < -0.39 is 29.3 Å². The van der Waals surface area contributed by atoms with E-state index in [0.29, 0.717) is 51.4 Å². The number of rotatable bonds is 13. The number of ether oxygens (including phenoxy) is 2. The Morgan fingerprint density at radius 1 is 1.17 bits per heavy atom. The van der Waals surface area contributed by atoms with Crippen LogP contribution in [-0.2, 0) is 19.1 Å². The lowest BCUT2D eigenvalue weighted by molar-refractivity contribution is -0.148. The Labute approximate surface area is 251 Å². The quantitative estimate of drug-likeness (QED) is 0.137. The molecule has 2 aliphatic rings. The molecule has 1 amide bonds. The number of aliphatic hydroxyl groups excluding tert-OH is 2. The zero-order valence-electron chi connectivity index (χ0n) is 26.2. The summed E-state index contributed by atoms with van der Waals surface area (Å²) < 4.78 is 11.3. The number of hydrogen-bond acceptors (Lipinski definition) is 8. The van der Waals surface area contributed by atoms with Gasteiger partial charge in [-0.1, -0.05) is 38.8 Å². The van der Waals surface area contributed by atoms with Crippen molar-refractivity contribution in [1.29, 1.82) is 0 Å². The van der Waals surface area contributed by atoms with Crippen LogP contribution in [0.25, 0.3) is 0 Å². The van der Waals surface area contributed by atoms with Crippen molar-refractivity contribution in [2.45, 2.75) is 141 Å². The number of Topliss-reactive ketones (excluding diaryl/α,β-unsaturated/α-hetero) is 1. The third kappa shape index (κ3) is 10.7. The first kappa shape index (κ1) is 35.4. The molecule has 4 unspecified atom stereocenters. The van der Waals surface area contributed by atoms with Gasteiger partial charge in [-0.25, -0.2) is 4.79 Å². The molecule has 1 saturated carbocycles. The summed E-state index contributed by atoms with van der Waals surface area (Å²) in [4.78, 5) is 37.2. The van der Waals surface area contributed by atoms with Crippen LogP contribution in [0.4, 0.5) is 4.79 Å². The zero-order valence-corrected chi connectivity index (χ0v) is 27.0. The van der Waals surface area contributed by atoms with Crippen molar-refractivity contribution < 1.29 is 34.1 Å². The molecule has 0 heterocycles. The molecule has 2 aliphatic carbocycles. The molecule has 0 aliphatic heterocycles. The third-order valence-corrected chi connectivity index (χ3v) is 9.82. The van der Waals surface area contributed by atoms with Crippen LogP contribution in [0.2, 0.25) is 0 Å². The fourth-order valence-corrected chi connectivity index (χ4v) is 7.02. The number of carbonyl (C=O) groups is 3. The summed E-state index contributed by atoms with van der Waals surface area (Å²) in [6.45, 7) is 17.2. The molecule has 2 rings (SSSR count). The van der Waals surface area contributed by atoms with Crippen molar-refractivity contribution in [1.82, 2.24) is 5.32 Å². The van der Waals surface area contributed by atoms with Gasteiger partial charge in [0.1, 0.15) is 11.7 Å². The second kappa shape index (κ2) is 15.6. The Morgan fingerprint density at radius 2 is 1.83 bits per heavy atom. The number of carbonyl (C=O) groups excluding carboxylic acids is 3. The number of hydrogen-bond donors (Lipinski definition) is 3. The Bertz CT molecular complexity index is 958. The van der Waals surface area contributed by atoms with Gasteiger partial charge in [-0.2, -0.15) is 0 Å². The fraction of sp³-hybridized carbons (Fsp3) is 0.781. The summed E-state index contributed by atoms with van der Waals surface area (Å²) in [7, 11) is 0. The second-order valence-electron chi connectivity index (χ2n) is 13.0. The number of ketones is 1. The van der Waals surface area contributed by atoms with Crippen molar-refractivity contribution in [3.63, 3.8) is 0 Å². The summed E-state index contributed by atoms with van der Waals surface area (Å²) in [5.41, 5.74) is 0.472. The van der Waals surface area contributed by atoms with Crippen LogP contribution in [0.3, 0.4) is 0 Å². The molecule has 0 aromatic rings. The Hall–Kier alpha value is -1.84. The van der Waals surface area contributed by atoms with E-state index in [1.165, 1.54) is 11.8 Å². The van der Waals surface area contributed by atoms with Crippen LogP contribution < -0.4 is 5.32 Å². The molecule has 0 spiro atoms. The normalized spacial score (nSPS) is 25.5. The maximum Gasteiger partial charge on any atom is 0.407 e. The van der Waals surface area contributed by atoms with Crippen molar-refractivity contribution in [3.05, 3.63) is 23.8 Å². The van der Waals surface area contributed by atoms with Crippen LogP contribution in [0, 0.1) is 11.3 Å². The van der Waals surface area contributed by atoms with Gasteiger partial charge in [-0.15, -0.1) is 18.3 Å². The van der Waals surface area contributed by atoms with Crippen molar-refractivity contribution in [2.24, 2.45) is 11.3 Å². The van der Waals surface area contributed by atoms with Crippen molar-refractivity contribution in [3.8, 4) is 0 Å². The van der Waals surface area contributed by atoms with Gasteiger partial charge in [-0.3, -0.25) is 9.59 Å². The first-order chi connectivity index (χ1) is 19.1. The second-order valence-corrected chi connectivity index (χ2v) is 14.3. The average Bonchev–Trinajstić information content (AvgIpc) is 3.11. The highest BCUT2D eigenvalue weighted by Crippen LogP contribution is 2.40. The molecule has 3 N–H and O–H groups in total. The van der Waals surface area contributed by atoms with E-state index in [9.17, 15) is 24.6 Å². The van der Waals surface area contributed by atoms with E-state index in [2.05, 4.69) is 11.9 Å². The summed E-state index contributed by atoms with van der Waals surface area (Å²) in [6, 6.07) is -0.0849. The van der Waals surface area contributed by atoms with Crippen molar-refractivity contribution in [2.75, 3.05) is 5.75 Å². The lowest BCUT2D eigenvalue weighted by Gasteiger charge is -2.38. The molecule has 234 valence electrons. The predicted molar refractivity (Wildman–Crippen MR) is 164 cm³/mol. The molecular weight excluding hydrogens is 542 g/mol. The van der Waals surface area contributed by atoms with Crippen LogP contribution >= 0.6 is 11.8 Å². The summed E-state index contributed by atoms with van der Waals surface area (Å²) in [5, 5.41) is 24.9. The summed E-state index contributed by atoms with van der Waals surface area (Å²) >= 11 is 1.39. The number of aliphatic hydroxyl groups is 2. The van der Waals surface area contributed by atoms with Gasteiger partial charge in [0, 0.05) is 29.0 Å². The molecule has 9 heteroatoms. The average molecular weight is 596 g/mol. The highest BCUT2D eigenvalue weighted by molar-refractivity contribution is 8.00. The molecule has 41 heavy (non-hydrogen) atoms. The molecule has 8 nitrogen and oxygen atoms in total. The third-order valence-electron chi connectivity index (χ3n) is 8.44. The molecule has 1 fully saturated rings. The van der Waals surface area contributed by atoms with E-state index in [4.69, 9.17) is 9.47 Å². The van der Waals surface area contributed by atoms with E-state index in [-0.39, 0.29) is 40.8 Å². The van der Waals surface area contributed by atoms with Gasteiger partial charge in [0.25, 0.3) is 0 Å². The van der Waals surface area contributed by atoms with Crippen molar-refractivity contribution >= 4 is 29.6 Å². The smallest absolute Gasteiger partial charge is 0.407 e. The lowest BCUT2D eigenvalue weighted by Crippen LogP contribution is -2.40. The van der Waals surface area contributed by atoms with Crippen LogP contribution in [-0.4, -0.2) is 69.0 Å². The van der Waals surface area contributed by atoms with Gasteiger partial charge >= 0.3 is 12.1 Å². The zero-order chi connectivity index (χ0) is 31.0. The molecule has 0 aromatic carbocycles. The Balaban J connectivity index is 1.94. The summed E-state index contributed by atoms with van der Waals surface area (Å²) in [6.07, 6.45) is 5.14. The highest BCUT2D eigenvalue weighted by Gasteiger charge is 2.40. The van der Waals surface area contributed by atoms with Gasteiger partial charge < -0.3 is 25.0 Å². The molecule has 0 radical (unpaired) electrons. The lowest BCUT2D eigenvalue weighted by atomic mass is 9.72. The predicted octanol–water partition coefficient (Wildman–Crippen LogP) is 5.89. The first-order valence-electron chi connectivity index (χ1n) is 15.1. The van der Waals surface area contributed by atoms with Crippen LogP contribution in [0.5, 0.6) is 0 Å². The number of thioether (sulfide) groups is 1. The minimum absolute atomic E-state index is 0.0849. The SMILES string of the molecule is C=C[C@](C)(C[C@H](CCC)OC(=O)CSC1CCC(NC(=O)OC(C)(C)C)CCC1O)C(O)[C@H](C)C1=C(C)C(=O)CC1. The maximum atomic E-state index is 12.9. The van der Waals surface area contributed by atoms with Crippen LogP contribution in [0.1, 0.15) is 106 Å². The number of alkyl carbamates (subject to hydrolysis) is 1. The number of nitrogens with one attached hydrogen (secondary N) is 1. The van der Waals surface area contributed by atoms with E-state index >= 15 is 0 Å². The van der Waals surface area contributed by atoms with Gasteiger partial charge in [0.05, 0.1) is 18.0 Å². The fourth-order valence-electron chi connectivity index (χ4n) is 5.94. The van der Waals surface area contributed by atoms with E-state index in [0.717, 1.165) is 17.6 Å².